The third-order valence-electron chi connectivity index (χ3n) is 1.59. The fourth-order valence-electron chi connectivity index (χ4n) is 0.743. The molecule has 3 heteroatoms. The highest BCUT2D eigenvalue weighted by atomic mass is 16.2. The van der Waals surface area contributed by atoms with E-state index in [9.17, 15) is 4.79 Å². The van der Waals surface area contributed by atoms with Gasteiger partial charge in [0.1, 0.15) is 0 Å². The molecule has 1 atom stereocenters. The van der Waals surface area contributed by atoms with Gasteiger partial charge in [-0.1, -0.05) is 6.92 Å². The van der Waals surface area contributed by atoms with E-state index in [0.717, 1.165) is 6.42 Å². The van der Waals surface area contributed by atoms with Gasteiger partial charge in [-0.15, -0.1) is 12.3 Å². The summed E-state index contributed by atoms with van der Waals surface area (Å²) in [4.78, 5) is 12.6. The average molecular weight is 168 g/mol. The number of rotatable bonds is 3. The molecule has 12 heavy (non-hydrogen) atoms. The molecule has 0 aliphatic carbocycles. The smallest absolute Gasteiger partial charge is 0.317 e. The van der Waals surface area contributed by atoms with Crippen LogP contribution in [0, 0.1) is 12.3 Å². The summed E-state index contributed by atoms with van der Waals surface area (Å²) >= 11 is 0. The molecular weight excluding hydrogens is 152 g/mol. The molecule has 0 aromatic rings. The zero-order chi connectivity index (χ0) is 9.56. The highest BCUT2D eigenvalue weighted by Gasteiger charge is 2.09. The summed E-state index contributed by atoms with van der Waals surface area (Å²) in [5.74, 6) is 2.53. The summed E-state index contributed by atoms with van der Waals surface area (Å²) in [6.45, 7) is 2.00. The monoisotopic (exact) mass is 168 g/mol. The second kappa shape index (κ2) is 5.48. The Morgan fingerprint density at radius 3 is 2.58 bits per heavy atom. The number of carbonyl (C=O) groups excluding carboxylic acids is 1. The largest absolute Gasteiger partial charge is 0.334 e. The van der Waals surface area contributed by atoms with Crippen molar-refractivity contribution in [2.45, 2.75) is 25.8 Å². The van der Waals surface area contributed by atoms with Crippen molar-refractivity contribution in [1.82, 2.24) is 10.2 Å². The van der Waals surface area contributed by atoms with Gasteiger partial charge in [-0.05, 0) is 6.42 Å². The number of urea groups is 1. The van der Waals surface area contributed by atoms with Crippen LogP contribution in [0.1, 0.15) is 19.8 Å². The number of nitrogens with zero attached hydrogens (tertiary/aromatic N) is 1. The van der Waals surface area contributed by atoms with Crippen molar-refractivity contribution < 1.29 is 4.79 Å². The molecule has 1 N–H and O–H groups in total. The number of hydrogen-bond acceptors (Lipinski definition) is 1. The molecule has 0 aromatic heterocycles. The highest BCUT2D eigenvalue weighted by Crippen LogP contribution is 1.96. The van der Waals surface area contributed by atoms with E-state index >= 15 is 0 Å². The second-order valence-electron chi connectivity index (χ2n) is 2.86. The second-order valence-corrected chi connectivity index (χ2v) is 2.86. The molecule has 0 aliphatic rings. The van der Waals surface area contributed by atoms with Crippen LogP contribution < -0.4 is 5.32 Å². The van der Waals surface area contributed by atoms with Gasteiger partial charge >= 0.3 is 6.03 Å². The molecule has 0 aromatic carbocycles. The predicted molar refractivity (Wildman–Crippen MR) is 49.7 cm³/mol. The molecule has 0 fully saturated rings. The van der Waals surface area contributed by atoms with Crippen molar-refractivity contribution in [3.8, 4) is 12.3 Å². The van der Waals surface area contributed by atoms with Crippen molar-refractivity contribution in [1.29, 1.82) is 0 Å². The average Bonchev–Trinajstić information content (AvgIpc) is 2.03. The van der Waals surface area contributed by atoms with Gasteiger partial charge in [-0.2, -0.15) is 0 Å². The van der Waals surface area contributed by atoms with E-state index in [1.54, 1.807) is 14.1 Å². The first kappa shape index (κ1) is 10.8. The first-order chi connectivity index (χ1) is 5.61. The standard InChI is InChI=1S/C9H16N2O/c1-5-7-8(6-2)10-9(12)11(3)4/h1,8H,6-7H2,2-4H3,(H,10,12). The van der Waals surface area contributed by atoms with Gasteiger partial charge in [-0.25, -0.2) is 4.79 Å². The number of carbonyl (C=O) groups is 1. The molecule has 0 spiro atoms. The maximum atomic E-state index is 11.1. The quantitative estimate of drug-likeness (QED) is 0.628. The summed E-state index contributed by atoms with van der Waals surface area (Å²) in [5.41, 5.74) is 0. The Kier molecular flexibility index (Phi) is 4.94. The maximum Gasteiger partial charge on any atom is 0.317 e. The summed E-state index contributed by atoms with van der Waals surface area (Å²) in [5, 5.41) is 2.81. The molecule has 0 saturated heterocycles. The van der Waals surface area contributed by atoms with Crippen molar-refractivity contribution in [3.63, 3.8) is 0 Å². The molecule has 1 unspecified atom stereocenters. The first-order valence-corrected chi connectivity index (χ1v) is 4.03. The third-order valence-corrected chi connectivity index (χ3v) is 1.59. The van der Waals surface area contributed by atoms with Gasteiger partial charge < -0.3 is 10.2 Å². The molecule has 0 bridgehead atoms. The van der Waals surface area contributed by atoms with E-state index in [1.165, 1.54) is 4.90 Å². The Labute approximate surface area is 74.1 Å². The molecular formula is C9H16N2O. The number of amides is 2. The Balaban J connectivity index is 3.87. The van der Waals surface area contributed by atoms with Crippen LogP contribution >= 0.6 is 0 Å². The lowest BCUT2D eigenvalue weighted by Gasteiger charge is -2.17. The summed E-state index contributed by atoms with van der Waals surface area (Å²) in [6, 6.07) is 0.0157. The van der Waals surface area contributed by atoms with E-state index in [1.807, 2.05) is 6.92 Å². The van der Waals surface area contributed by atoms with Crippen molar-refractivity contribution in [2.24, 2.45) is 0 Å². The van der Waals surface area contributed by atoms with Gasteiger partial charge in [0.05, 0.1) is 0 Å². The summed E-state index contributed by atoms with van der Waals surface area (Å²) in [6.07, 6.45) is 6.60. The van der Waals surface area contributed by atoms with Gasteiger partial charge in [0.2, 0.25) is 0 Å². The Morgan fingerprint density at radius 2 is 2.25 bits per heavy atom. The lowest BCUT2D eigenvalue weighted by Crippen LogP contribution is -2.40. The lowest BCUT2D eigenvalue weighted by molar-refractivity contribution is 0.213. The topological polar surface area (TPSA) is 32.3 Å². The van der Waals surface area contributed by atoms with Crippen LogP contribution in [-0.2, 0) is 0 Å². The Morgan fingerprint density at radius 1 is 1.67 bits per heavy atom. The minimum atomic E-state index is -0.0860. The zero-order valence-electron chi connectivity index (χ0n) is 7.92. The number of terminal acetylenes is 1. The Hall–Kier alpha value is -1.17. The van der Waals surface area contributed by atoms with Crippen LogP contribution in [0.25, 0.3) is 0 Å². The van der Waals surface area contributed by atoms with Gasteiger partial charge in [0.25, 0.3) is 0 Å². The van der Waals surface area contributed by atoms with E-state index in [2.05, 4.69) is 11.2 Å². The van der Waals surface area contributed by atoms with Gasteiger partial charge in [-0.3, -0.25) is 0 Å². The van der Waals surface area contributed by atoms with Gasteiger partial charge in [0.15, 0.2) is 0 Å². The number of hydrogen-bond donors (Lipinski definition) is 1. The molecule has 0 heterocycles. The summed E-state index contributed by atoms with van der Waals surface area (Å²) in [7, 11) is 3.41. The number of nitrogens with one attached hydrogen (secondary N) is 1. The lowest BCUT2D eigenvalue weighted by atomic mass is 10.2. The molecule has 0 rings (SSSR count). The Bertz CT molecular complexity index is 181. The van der Waals surface area contributed by atoms with Crippen molar-refractivity contribution >= 4 is 6.03 Å². The third kappa shape index (κ3) is 3.87. The SMILES string of the molecule is C#CCC(CC)NC(=O)N(C)C. The van der Waals surface area contributed by atoms with Crippen LogP contribution in [0.15, 0.2) is 0 Å². The zero-order valence-corrected chi connectivity index (χ0v) is 7.92. The highest BCUT2D eigenvalue weighted by molar-refractivity contribution is 5.73. The molecule has 2 amide bonds. The van der Waals surface area contributed by atoms with E-state index < -0.39 is 0 Å². The molecule has 68 valence electrons. The minimum Gasteiger partial charge on any atom is -0.334 e. The van der Waals surface area contributed by atoms with Crippen molar-refractivity contribution in [3.05, 3.63) is 0 Å². The van der Waals surface area contributed by atoms with Crippen LogP contribution in [0.5, 0.6) is 0 Å². The fraction of sp³-hybridized carbons (Fsp3) is 0.667. The van der Waals surface area contributed by atoms with Crippen LogP contribution in [-0.4, -0.2) is 31.1 Å². The fourth-order valence-corrected chi connectivity index (χ4v) is 0.743. The van der Waals surface area contributed by atoms with E-state index in [0.29, 0.717) is 6.42 Å². The van der Waals surface area contributed by atoms with Crippen molar-refractivity contribution in [2.75, 3.05) is 14.1 Å². The molecule has 0 radical (unpaired) electrons. The molecule has 0 aliphatic heterocycles. The van der Waals surface area contributed by atoms with Crippen LogP contribution in [0.3, 0.4) is 0 Å². The molecule has 0 saturated carbocycles. The minimum absolute atomic E-state index is 0.0860. The first-order valence-electron chi connectivity index (χ1n) is 4.03. The van der Waals surface area contributed by atoms with E-state index in [-0.39, 0.29) is 12.1 Å². The molecule has 3 nitrogen and oxygen atoms in total. The normalized spacial score (nSPS) is 11.5. The van der Waals surface area contributed by atoms with Crippen LogP contribution in [0.2, 0.25) is 0 Å². The maximum absolute atomic E-state index is 11.1. The predicted octanol–water partition coefficient (Wildman–Crippen LogP) is 1.06. The van der Waals surface area contributed by atoms with Gasteiger partial charge in [0, 0.05) is 26.6 Å². The van der Waals surface area contributed by atoms with E-state index in [4.69, 9.17) is 6.42 Å². The van der Waals surface area contributed by atoms with Crippen LogP contribution in [0.4, 0.5) is 4.79 Å². The summed E-state index contributed by atoms with van der Waals surface area (Å²) < 4.78 is 0.